The Hall–Kier alpha value is -2.63. The number of carbonyl (C=O) groups excluding carboxylic acids is 2. The van der Waals surface area contributed by atoms with Gasteiger partial charge in [0.2, 0.25) is 11.8 Å². The van der Waals surface area contributed by atoms with Crippen LogP contribution in [0.2, 0.25) is 0 Å². The second kappa shape index (κ2) is 5.97. The van der Waals surface area contributed by atoms with Gasteiger partial charge in [-0.2, -0.15) is 0 Å². The molecule has 2 fully saturated rings. The fourth-order valence-corrected chi connectivity index (χ4v) is 3.86. The SMILES string of the molecule is O=C1C[C@]2(CC2c2ccc(C(F)F)cc2F)C(=O)N1Cc1ccccc1. The monoisotopic (exact) mass is 359 g/mol. The third kappa shape index (κ3) is 2.60. The molecule has 134 valence electrons. The number of halogens is 3. The van der Waals surface area contributed by atoms with Crippen LogP contribution in [0.1, 0.15) is 41.9 Å². The molecule has 1 aliphatic heterocycles. The molecular formula is C20H16F3NO2. The molecule has 1 heterocycles. The predicted molar refractivity (Wildman–Crippen MR) is 87.8 cm³/mol. The fraction of sp³-hybridized carbons (Fsp3) is 0.300. The maximum absolute atomic E-state index is 14.3. The minimum atomic E-state index is -2.75. The average molecular weight is 359 g/mol. The van der Waals surface area contributed by atoms with Crippen molar-refractivity contribution in [1.29, 1.82) is 0 Å². The first-order chi connectivity index (χ1) is 12.4. The number of likely N-dealkylation sites (tertiary alicyclic amines) is 1. The van der Waals surface area contributed by atoms with Crippen molar-refractivity contribution in [3.8, 4) is 0 Å². The van der Waals surface area contributed by atoms with Crippen LogP contribution in [0.25, 0.3) is 0 Å². The lowest BCUT2D eigenvalue weighted by Gasteiger charge is -2.15. The third-order valence-corrected chi connectivity index (χ3v) is 5.35. The molecule has 1 saturated carbocycles. The number of rotatable bonds is 4. The molecule has 0 N–H and O–H groups in total. The first kappa shape index (κ1) is 16.8. The van der Waals surface area contributed by atoms with E-state index in [0.717, 1.165) is 11.6 Å². The molecule has 0 bridgehead atoms. The van der Waals surface area contributed by atoms with Gasteiger partial charge >= 0.3 is 0 Å². The number of nitrogens with zero attached hydrogens (tertiary/aromatic N) is 1. The minimum absolute atomic E-state index is 0.0410. The first-order valence-electron chi connectivity index (χ1n) is 8.38. The van der Waals surface area contributed by atoms with Crippen LogP contribution in [-0.4, -0.2) is 16.7 Å². The highest BCUT2D eigenvalue weighted by Crippen LogP contribution is 2.65. The maximum Gasteiger partial charge on any atom is 0.263 e. The van der Waals surface area contributed by atoms with Gasteiger partial charge in [0.1, 0.15) is 5.82 Å². The normalized spacial score (nSPS) is 24.8. The van der Waals surface area contributed by atoms with E-state index in [0.29, 0.717) is 6.42 Å². The van der Waals surface area contributed by atoms with E-state index < -0.39 is 23.6 Å². The smallest absolute Gasteiger partial charge is 0.263 e. The highest BCUT2D eigenvalue weighted by Gasteiger charge is 2.67. The van der Waals surface area contributed by atoms with Crippen LogP contribution in [0, 0.1) is 11.2 Å². The van der Waals surface area contributed by atoms with Gasteiger partial charge < -0.3 is 0 Å². The molecule has 1 saturated heterocycles. The molecule has 1 spiro atoms. The zero-order valence-corrected chi connectivity index (χ0v) is 13.8. The summed E-state index contributed by atoms with van der Waals surface area (Å²) in [5.74, 6) is -1.75. The van der Waals surface area contributed by atoms with Crippen LogP contribution in [0.3, 0.4) is 0 Å². The molecule has 2 amide bonds. The molecule has 3 nitrogen and oxygen atoms in total. The molecule has 0 aromatic heterocycles. The summed E-state index contributed by atoms with van der Waals surface area (Å²) in [6.45, 7) is 0.194. The maximum atomic E-state index is 14.3. The minimum Gasteiger partial charge on any atom is -0.278 e. The number of benzene rings is 2. The molecule has 2 aromatic rings. The van der Waals surface area contributed by atoms with Crippen molar-refractivity contribution in [2.45, 2.75) is 31.7 Å². The summed E-state index contributed by atoms with van der Waals surface area (Å²) in [5.41, 5.74) is -0.229. The lowest BCUT2D eigenvalue weighted by atomic mass is 9.96. The van der Waals surface area contributed by atoms with Gasteiger partial charge in [-0.25, -0.2) is 13.2 Å². The van der Waals surface area contributed by atoms with Crippen LogP contribution in [-0.2, 0) is 16.1 Å². The van der Waals surface area contributed by atoms with E-state index in [1.165, 1.54) is 17.0 Å². The van der Waals surface area contributed by atoms with Gasteiger partial charge in [0.15, 0.2) is 0 Å². The Morgan fingerprint density at radius 3 is 2.50 bits per heavy atom. The van der Waals surface area contributed by atoms with Crippen molar-refractivity contribution in [2.24, 2.45) is 5.41 Å². The predicted octanol–water partition coefficient (Wildman–Crippen LogP) is 4.20. The van der Waals surface area contributed by atoms with Crippen LogP contribution >= 0.6 is 0 Å². The first-order valence-corrected chi connectivity index (χ1v) is 8.38. The average Bonchev–Trinajstić information content (AvgIpc) is 3.28. The Morgan fingerprint density at radius 2 is 1.85 bits per heavy atom. The number of carbonyl (C=O) groups is 2. The lowest BCUT2D eigenvalue weighted by Crippen LogP contribution is -2.30. The summed E-state index contributed by atoms with van der Waals surface area (Å²) < 4.78 is 39.6. The van der Waals surface area contributed by atoms with E-state index >= 15 is 0 Å². The fourth-order valence-electron chi connectivity index (χ4n) is 3.86. The molecule has 2 atom stereocenters. The Kier molecular flexibility index (Phi) is 3.86. The summed E-state index contributed by atoms with van der Waals surface area (Å²) in [4.78, 5) is 26.4. The van der Waals surface area contributed by atoms with Gasteiger partial charge in [-0.3, -0.25) is 14.5 Å². The number of amides is 2. The van der Waals surface area contributed by atoms with Gasteiger partial charge in [0.25, 0.3) is 6.43 Å². The van der Waals surface area contributed by atoms with E-state index in [2.05, 4.69) is 0 Å². The van der Waals surface area contributed by atoms with Gasteiger partial charge in [0, 0.05) is 17.9 Å². The summed E-state index contributed by atoms with van der Waals surface area (Å²) in [5, 5.41) is 0. The Labute approximate surface area is 148 Å². The second-order valence-corrected chi connectivity index (χ2v) is 6.94. The van der Waals surface area contributed by atoms with Crippen molar-refractivity contribution in [2.75, 3.05) is 0 Å². The van der Waals surface area contributed by atoms with Crippen molar-refractivity contribution in [3.63, 3.8) is 0 Å². The highest BCUT2D eigenvalue weighted by atomic mass is 19.3. The molecule has 26 heavy (non-hydrogen) atoms. The van der Waals surface area contributed by atoms with Crippen molar-refractivity contribution >= 4 is 11.8 Å². The molecule has 6 heteroatoms. The summed E-state index contributed by atoms with van der Waals surface area (Å²) in [6, 6.07) is 12.5. The van der Waals surface area contributed by atoms with Crippen LogP contribution in [0.5, 0.6) is 0 Å². The largest absolute Gasteiger partial charge is 0.278 e. The van der Waals surface area contributed by atoms with Gasteiger partial charge in [0.05, 0.1) is 12.0 Å². The quantitative estimate of drug-likeness (QED) is 0.768. The lowest BCUT2D eigenvalue weighted by molar-refractivity contribution is -0.140. The third-order valence-electron chi connectivity index (χ3n) is 5.35. The standard InChI is InChI=1S/C20H16F3NO2/c21-16-8-13(18(22)23)6-7-14(16)15-9-20(15)10-17(25)24(19(20)26)11-12-4-2-1-3-5-12/h1-8,15,18H,9-11H2/t15?,20-/m0/s1. The number of hydrogen-bond acceptors (Lipinski definition) is 2. The van der Waals surface area contributed by atoms with Crippen LogP contribution in [0.4, 0.5) is 13.2 Å². The molecule has 2 aliphatic rings. The Bertz CT molecular complexity index is 884. The van der Waals surface area contributed by atoms with E-state index in [9.17, 15) is 22.8 Å². The topological polar surface area (TPSA) is 37.4 Å². The molecule has 2 aromatic carbocycles. The Morgan fingerprint density at radius 1 is 1.12 bits per heavy atom. The second-order valence-electron chi connectivity index (χ2n) is 6.94. The van der Waals surface area contributed by atoms with E-state index in [1.54, 1.807) is 0 Å². The van der Waals surface area contributed by atoms with Crippen molar-refractivity contribution in [1.82, 2.24) is 4.90 Å². The summed E-state index contributed by atoms with van der Waals surface area (Å²) >= 11 is 0. The summed E-state index contributed by atoms with van der Waals surface area (Å²) in [6.07, 6.45) is -2.34. The molecule has 1 unspecified atom stereocenters. The molecule has 0 radical (unpaired) electrons. The molecule has 1 aliphatic carbocycles. The van der Waals surface area contributed by atoms with Crippen LogP contribution in [0.15, 0.2) is 48.5 Å². The number of hydrogen-bond donors (Lipinski definition) is 0. The van der Waals surface area contributed by atoms with Gasteiger partial charge in [-0.05, 0) is 23.6 Å². The van der Waals surface area contributed by atoms with E-state index in [4.69, 9.17) is 0 Å². The zero-order chi connectivity index (χ0) is 18.5. The van der Waals surface area contributed by atoms with Gasteiger partial charge in [-0.1, -0.05) is 42.5 Å². The van der Waals surface area contributed by atoms with Crippen molar-refractivity contribution < 1.29 is 22.8 Å². The Balaban J connectivity index is 1.56. The van der Waals surface area contributed by atoms with Crippen molar-refractivity contribution in [3.05, 3.63) is 71.0 Å². The number of imide groups is 1. The zero-order valence-electron chi connectivity index (χ0n) is 13.8. The highest BCUT2D eigenvalue weighted by molar-refractivity contribution is 6.08. The van der Waals surface area contributed by atoms with E-state index in [-0.39, 0.29) is 35.9 Å². The summed E-state index contributed by atoms with van der Waals surface area (Å²) in [7, 11) is 0. The molecule has 4 rings (SSSR count). The van der Waals surface area contributed by atoms with Gasteiger partial charge in [-0.15, -0.1) is 0 Å². The van der Waals surface area contributed by atoms with E-state index in [1.807, 2.05) is 30.3 Å². The number of alkyl halides is 2. The molecular weight excluding hydrogens is 343 g/mol. The van der Waals surface area contributed by atoms with Crippen LogP contribution < -0.4 is 0 Å².